The zero-order valence-corrected chi connectivity index (χ0v) is 18.8. The van der Waals surface area contributed by atoms with Gasteiger partial charge in [-0.1, -0.05) is 11.6 Å². The maximum atomic E-state index is 12.3. The second kappa shape index (κ2) is 9.43. The Balaban J connectivity index is 1.59. The van der Waals surface area contributed by atoms with Crippen molar-refractivity contribution in [3.8, 4) is 5.75 Å². The molecule has 162 valence electrons. The van der Waals surface area contributed by atoms with Crippen LogP contribution in [0.1, 0.15) is 45.6 Å². The molecule has 2 saturated heterocycles. The van der Waals surface area contributed by atoms with Crippen molar-refractivity contribution in [2.75, 3.05) is 44.2 Å². The summed E-state index contributed by atoms with van der Waals surface area (Å²) >= 11 is 6.40. The molecule has 1 amide bonds. The van der Waals surface area contributed by atoms with Gasteiger partial charge in [-0.15, -0.1) is 0 Å². The van der Waals surface area contributed by atoms with Gasteiger partial charge in [-0.25, -0.2) is 4.79 Å². The van der Waals surface area contributed by atoms with Gasteiger partial charge >= 0.3 is 6.09 Å². The Morgan fingerprint density at radius 3 is 2.59 bits per heavy atom. The highest BCUT2D eigenvalue weighted by Gasteiger charge is 2.27. The molecule has 6 nitrogen and oxygen atoms in total. The minimum atomic E-state index is -0.474. The van der Waals surface area contributed by atoms with Crippen LogP contribution in [0.4, 0.5) is 10.5 Å². The Hall–Kier alpha value is -1.66. The maximum absolute atomic E-state index is 12.3. The highest BCUT2D eigenvalue weighted by molar-refractivity contribution is 6.31. The first-order valence-electron chi connectivity index (χ1n) is 10.6. The summed E-state index contributed by atoms with van der Waals surface area (Å²) in [5, 5.41) is 4.18. The normalized spacial score (nSPS) is 20.1. The van der Waals surface area contributed by atoms with Crippen LogP contribution in [0.3, 0.4) is 0 Å². The van der Waals surface area contributed by atoms with E-state index in [-0.39, 0.29) is 6.09 Å². The fourth-order valence-corrected chi connectivity index (χ4v) is 4.09. The Bertz CT molecular complexity index is 706. The summed E-state index contributed by atoms with van der Waals surface area (Å²) in [7, 11) is 0. The van der Waals surface area contributed by atoms with Crippen LogP contribution >= 0.6 is 11.6 Å². The SMILES string of the molecule is Cc1c(OCCC2CCCN2)cc(Cl)cc1N1CCN(C(=O)OC(C)(C)C)CC1. The third-order valence-corrected chi connectivity index (χ3v) is 5.67. The fraction of sp³-hybridized carbons (Fsp3) is 0.682. The van der Waals surface area contributed by atoms with Crippen molar-refractivity contribution in [3.05, 3.63) is 22.7 Å². The van der Waals surface area contributed by atoms with Crippen molar-refractivity contribution in [2.45, 2.75) is 58.6 Å². The molecule has 1 N–H and O–H groups in total. The number of hydrogen-bond donors (Lipinski definition) is 1. The Morgan fingerprint density at radius 2 is 1.97 bits per heavy atom. The number of nitrogens with zero attached hydrogens (tertiary/aromatic N) is 2. The van der Waals surface area contributed by atoms with Gasteiger partial charge in [0.15, 0.2) is 0 Å². The van der Waals surface area contributed by atoms with Crippen molar-refractivity contribution in [2.24, 2.45) is 0 Å². The number of carbonyl (C=O) groups is 1. The van der Waals surface area contributed by atoms with Gasteiger partial charge in [0.25, 0.3) is 0 Å². The van der Waals surface area contributed by atoms with Gasteiger partial charge in [0, 0.05) is 48.5 Å². The van der Waals surface area contributed by atoms with E-state index < -0.39 is 5.60 Å². The van der Waals surface area contributed by atoms with Crippen LogP contribution in [-0.4, -0.2) is 62.0 Å². The largest absolute Gasteiger partial charge is 0.493 e. The Kier molecular flexibility index (Phi) is 7.17. The lowest BCUT2D eigenvalue weighted by Gasteiger charge is -2.37. The number of nitrogens with one attached hydrogen (secondary N) is 1. The molecular formula is C22H34ClN3O3. The van der Waals surface area contributed by atoms with Crippen molar-refractivity contribution in [1.29, 1.82) is 0 Å². The minimum absolute atomic E-state index is 0.246. The molecule has 1 aromatic rings. The van der Waals surface area contributed by atoms with Gasteiger partial charge in [-0.2, -0.15) is 0 Å². The summed E-state index contributed by atoms with van der Waals surface area (Å²) in [6.45, 7) is 12.3. The van der Waals surface area contributed by atoms with E-state index in [2.05, 4.69) is 17.1 Å². The summed E-state index contributed by atoms with van der Waals surface area (Å²) in [6, 6.07) is 4.46. The summed E-state index contributed by atoms with van der Waals surface area (Å²) in [6.07, 6.45) is 3.24. The van der Waals surface area contributed by atoms with Crippen molar-refractivity contribution in [1.82, 2.24) is 10.2 Å². The van der Waals surface area contributed by atoms with Crippen LogP contribution in [0.15, 0.2) is 12.1 Å². The van der Waals surface area contributed by atoms with Crippen molar-refractivity contribution < 1.29 is 14.3 Å². The van der Waals surface area contributed by atoms with E-state index in [4.69, 9.17) is 21.1 Å². The smallest absolute Gasteiger partial charge is 0.410 e. The minimum Gasteiger partial charge on any atom is -0.493 e. The summed E-state index contributed by atoms with van der Waals surface area (Å²) in [5.74, 6) is 0.847. The molecule has 1 unspecified atom stereocenters. The second-order valence-electron chi connectivity index (χ2n) is 8.93. The third kappa shape index (κ3) is 6.16. The van der Waals surface area contributed by atoms with Crippen LogP contribution in [0.2, 0.25) is 5.02 Å². The number of halogens is 1. The first kappa shape index (κ1) is 22.0. The van der Waals surface area contributed by atoms with E-state index in [1.165, 1.54) is 12.8 Å². The molecule has 2 aliphatic rings. The van der Waals surface area contributed by atoms with Crippen LogP contribution in [-0.2, 0) is 4.74 Å². The molecule has 7 heteroatoms. The second-order valence-corrected chi connectivity index (χ2v) is 9.37. The first-order chi connectivity index (χ1) is 13.7. The number of carbonyl (C=O) groups excluding carboxylic acids is 1. The van der Waals surface area contributed by atoms with Gasteiger partial charge in [-0.05, 0) is 65.6 Å². The third-order valence-electron chi connectivity index (χ3n) is 5.46. The number of rotatable bonds is 5. The number of ether oxygens (including phenoxy) is 2. The number of piperazine rings is 1. The number of amides is 1. The molecule has 29 heavy (non-hydrogen) atoms. The Morgan fingerprint density at radius 1 is 1.24 bits per heavy atom. The van der Waals surface area contributed by atoms with E-state index >= 15 is 0 Å². The molecule has 0 radical (unpaired) electrons. The van der Waals surface area contributed by atoms with E-state index in [1.54, 1.807) is 4.90 Å². The quantitative estimate of drug-likeness (QED) is 0.768. The number of benzene rings is 1. The topological polar surface area (TPSA) is 54.0 Å². The van der Waals surface area contributed by atoms with Crippen molar-refractivity contribution >= 4 is 23.4 Å². The average Bonchev–Trinajstić information content (AvgIpc) is 3.16. The lowest BCUT2D eigenvalue weighted by atomic mass is 10.1. The van der Waals surface area contributed by atoms with E-state index in [1.807, 2.05) is 32.9 Å². The summed E-state index contributed by atoms with van der Waals surface area (Å²) < 4.78 is 11.6. The predicted molar refractivity (Wildman–Crippen MR) is 117 cm³/mol. The molecule has 1 atom stereocenters. The number of anilines is 1. The molecule has 1 aromatic carbocycles. The van der Waals surface area contributed by atoms with Crippen molar-refractivity contribution in [3.63, 3.8) is 0 Å². The molecule has 0 saturated carbocycles. The highest BCUT2D eigenvalue weighted by Crippen LogP contribution is 2.33. The van der Waals surface area contributed by atoms with E-state index in [0.29, 0.717) is 30.8 Å². The molecule has 3 rings (SSSR count). The zero-order valence-electron chi connectivity index (χ0n) is 18.1. The lowest BCUT2D eigenvalue weighted by molar-refractivity contribution is 0.0240. The summed E-state index contributed by atoms with van der Waals surface area (Å²) in [4.78, 5) is 16.3. The van der Waals surface area contributed by atoms with E-state index in [0.717, 1.165) is 43.1 Å². The van der Waals surface area contributed by atoms with Gasteiger partial charge in [0.2, 0.25) is 0 Å². The molecule has 0 spiro atoms. The fourth-order valence-electron chi connectivity index (χ4n) is 3.89. The highest BCUT2D eigenvalue weighted by atomic mass is 35.5. The summed E-state index contributed by atoms with van der Waals surface area (Å²) in [5.41, 5.74) is 1.70. The molecule has 2 heterocycles. The maximum Gasteiger partial charge on any atom is 0.410 e. The van der Waals surface area contributed by atoms with E-state index in [9.17, 15) is 4.79 Å². The monoisotopic (exact) mass is 423 g/mol. The number of hydrogen-bond acceptors (Lipinski definition) is 5. The zero-order chi connectivity index (χ0) is 21.0. The van der Waals surface area contributed by atoms with Gasteiger partial charge in [0.05, 0.1) is 6.61 Å². The van der Waals surface area contributed by atoms with Gasteiger partial charge in [0.1, 0.15) is 11.4 Å². The molecular weight excluding hydrogens is 390 g/mol. The van der Waals surface area contributed by atoms with Crippen LogP contribution in [0.25, 0.3) is 0 Å². The standard InChI is InChI=1S/C22H34ClN3O3/c1-16-19(25-9-11-26(12-10-25)21(27)29-22(2,3)4)14-17(23)15-20(16)28-13-7-18-6-5-8-24-18/h14-15,18,24H,5-13H2,1-4H3. The molecule has 0 aromatic heterocycles. The lowest BCUT2D eigenvalue weighted by Crippen LogP contribution is -2.50. The average molecular weight is 424 g/mol. The van der Waals surface area contributed by atoms with Crippen LogP contribution in [0.5, 0.6) is 5.75 Å². The van der Waals surface area contributed by atoms with Gasteiger partial charge < -0.3 is 24.6 Å². The Labute approximate surface area is 179 Å². The van der Waals surface area contributed by atoms with Crippen LogP contribution in [0, 0.1) is 6.92 Å². The molecule has 0 aliphatic carbocycles. The van der Waals surface area contributed by atoms with Gasteiger partial charge in [-0.3, -0.25) is 0 Å². The first-order valence-corrected chi connectivity index (χ1v) is 11.0. The predicted octanol–water partition coefficient (Wildman–Crippen LogP) is 4.23. The molecule has 2 aliphatic heterocycles. The molecule has 0 bridgehead atoms. The van der Waals surface area contributed by atoms with Crippen LogP contribution < -0.4 is 15.0 Å². The molecule has 2 fully saturated rings.